The molecule has 0 spiro atoms. The Kier molecular flexibility index (Phi) is 6.70. The zero-order valence-electron chi connectivity index (χ0n) is 17.5. The van der Waals surface area contributed by atoms with Gasteiger partial charge in [0.25, 0.3) is 11.5 Å². The molecule has 3 aromatic rings. The number of halogens is 1. The van der Waals surface area contributed by atoms with Crippen LogP contribution in [0.2, 0.25) is 5.15 Å². The van der Waals surface area contributed by atoms with Crippen LogP contribution in [0.25, 0.3) is 11.1 Å². The molecule has 2 N–H and O–H groups in total. The molecule has 156 valence electrons. The minimum Gasteiger partial charge on any atom is -0.346 e. The number of hydrogen-bond acceptors (Lipinski definition) is 4. The Balaban J connectivity index is 1.79. The summed E-state index contributed by atoms with van der Waals surface area (Å²) < 4.78 is 0. The molecule has 0 fully saturated rings. The summed E-state index contributed by atoms with van der Waals surface area (Å²) in [5, 5.41) is 3.00. The first kappa shape index (κ1) is 21.7. The van der Waals surface area contributed by atoms with E-state index < -0.39 is 0 Å². The Morgan fingerprint density at radius 1 is 1.10 bits per heavy atom. The molecule has 2 heterocycles. The summed E-state index contributed by atoms with van der Waals surface area (Å²) in [6.07, 6.45) is 0. The van der Waals surface area contributed by atoms with Crippen molar-refractivity contribution in [3.05, 3.63) is 86.0 Å². The predicted molar refractivity (Wildman–Crippen MR) is 120 cm³/mol. The molecule has 0 bridgehead atoms. The van der Waals surface area contributed by atoms with Crippen molar-refractivity contribution in [1.29, 1.82) is 0 Å². The van der Waals surface area contributed by atoms with E-state index in [1.165, 1.54) is 5.56 Å². The highest BCUT2D eigenvalue weighted by molar-refractivity contribution is 6.29. The lowest BCUT2D eigenvalue weighted by Crippen LogP contribution is -2.28. The number of carbonyl (C=O) groups excluding carboxylic acids is 1. The minimum atomic E-state index is -0.387. The largest absolute Gasteiger partial charge is 0.346 e. The van der Waals surface area contributed by atoms with Crippen LogP contribution in [0, 0.1) is 13.8 Å². The summed E-state index contributed by atoms with van der Waals surface area (Å²) in [5.41, 5.74) is 5.08. The van der Waals surface area contributed by atoms with Crippen LogP contribution in [0.3, 0.4) is 0 Å². The van der Waals surface area contributed by atoms with Gasteiger partial charge in [0.05, 0.1) is 0 Å². The molecule has 3 rings (SSSR count). The number of benzene rings is 1. The molecule has 6 nitrogen and oxygen atoms in total. The lowest BCUT2D eigenvalue weighted by atomic mass is 10.0. The third-order valence-corrected chi connectivity index (χ3v) is 4.93. The maximum atomic E-state index is 12.7. The van der Waals surface area contributed by atoms with Gasteiger partial charge in [-0.25, -0.2) is 4.98 Å². The number of carbonyl (C=O) groups is 1. The van der Waals surface area contributed by atoms with Gasteiger partial charge in [-0.2, -0.15) is 0 Å². The number of hydrogen-bond donors (Lipinski definition) is 2. The Morgan fingerprint density at radius 2 is 1.80 bits per heavy atom. The van der Waals surface area contributed by atoms with E-state index in [0.29, 0.717) is 5.56 Å². The lowest BCUT2D eigenvalue weighted by Gasteiger charge is -2.11. The number of amides is 1. The lowest BCUT2D eigenvalue weighted by molar-refractivity contribution is 0.0946. The molecule has 0 aliphatic heterocycles. The second kappa shape index (κ2) is 9.24. The third-order valence-electron chi connectivity index (χ3n) is 4.73. The summed E-state index contributed by atoms with van der Waals surface area (Å²) in [7, 11) is 4.04. The average Bonchev–Trinajstić information content (AvgIpc) is 2.66. The average molecular weight is 425 g/mol. The van der Waals surface area contributed by atoms with E-state index in [1.807, 2.05) is 46.1 Å². The number of nitrogens with zero attached hydrogens (tertiary/aromatic N) is 2. The van der Waals surface area contributed by atoms with Gasteiger partial charge in [0.15, 0.2) is 0 Å². The number of aromatic nitrogens is 2. The van der Waals surface area contributed by atoms with Gasteiger partial charge in [-0.1, -0.05) is 35.9 Å². The molecule has 7 heteroatoms. The first-order valence-electron chi connectivity index (χ1n) is 9.62. The van der Waals surface area contributed by atoms with Gasteiger partial charge >= 0.3 is 0 Å². The Bertz CT molecular complexity index is 1120. The van der Waals surface area contributed by atoms with Crippen molar-refractivity contribution in [1.82, 2.24) is 20.2 Å². The van der Waals surface area contributed by atoms with Gasteiger partial charge < -0.3 is 15.2 Å². The fourth-order valence-electron chi connectivity index (χ4n) is 3.31. The van der Waals surface area contributed by atoms with Gasteiger partial charge in [-0.15, -0.1) is 0 Å². The molecule has 0 saturated heterocycles. The van der Waals surface area contributed by atoms with Crippen LogP contribution in [-0.4, -0.2) is 34.9 Å². The highest BCUT2D eigenvalue weighted by Crippen LogP contribution is 2.24. The van der Waals surface area contributed by atoms with Crippen molar-refractivity contribution < 1.29 is 4.79 Å². The van der Waals surface area contributed by atoms with Crippen molar-refractivity contribution in [2.45, 2.75) is 26.9 Å². The van der Waals surface area contributed by atoms with Crippen LogP contribution in [0.1, 0.15) is 32.9 Å². The molecule has 2 aromatic heterocycles. The van der Waals surface area contributed by atoms with Crippen molar-refractivity contribution in [2.75, 3.05) is 14.1 Å². The molecule has 30 heavy (non-hydrogen) atoms. The summed E-state index contributed by atoms with van der Waals surface area (Å²) in [5.74, 6) is -0.387. The standard InChI is InChI=1S/C23H25ClN4O2/c1-14-9-15(2)26-22(29)19(14)12-25-23(30)20-10-18(11-21(24)27-20)17-7-5-16(6-8-17)13-28(3)4/h5-11H,12-13H2,1-4H3,(H,25,30)(H,26,29). The molecule has 0 atom stereocenters. The summed E-state index contributed by atoms with van der Waals surface area (Å²) in [4.78, 5) is 33.8. The van der Waals surface area contributed by atoms with Gasteiger partial charge in [0.1, 0.15) is 10.8 Å². The number of rotatable bonds is 6. The molecule has 0 saturated carbocycles. The Labute approximate surface area is 180 Å². The first-order chi connectivity index (χ1) is 14.2. The van der Waals surface area contributed by atoms with Crippen LogP contribution in [-0.2, 0) is 13.1 Å². The van der Waals surface area contributed by atoms with Crippen LogP contribution in [0.15, 0.2) is 47.3 Å². The van der Waals surface area contributed by atoms with Crippen LogP contribution >= 0.6 is 11.6 Å². The summed E-state index contributed by atoms with van der Waals surface area (Å²) in [6.45, 7) is 4.63. The van der Waals surface area contributed by atoms with E-state index >= 15 is 0 Å². The second-order valence-corrected chi connectivity index (χ2v) is 8.01. The predicted octanol–water partition coefficient (Wildman–Crippen LogP) is 3.70. The Hall–Kier alpha value is -2.96. The van der Waals surface area contributed by atoms with E-state index in [-0.39, 0.29) is 28.9 Å². The van der Waals surface area contributed by atoms with E-state index in [2.05, 4.69) is 32.3 Å². The SMILES string of the molecule is Cc1cc(C)c(CNC(=O)c2cc(-c3ccc(CN(C)C)cc3)cc(Cl)n2)c(=O)[nH]1. The van der Waals surface area contributed by atoms with Crippen molar-refractivity contribution >= 4 is 17.5 Å². The van der Waals surface area contributed by atoms with Gasteiger partial charge in [-0.05, 0) is 68.4 Å². The van der Waals surface area contributed by atoms with Gasteiger partial charge in [-0.3, -0.25) is 9.59 Å². The van der Waals surface area contributed by atoms with Crippen LogP contribution in [0.5, 0.6) is 0 Å². The molecule has 0 radical (unpaired) electrons. The normalized spacial score (nSPS) is 11.0. The molecule has 1 aromatic carbocycles. The van der Waals surface area contributed by atoms with Crippen molar-refractivity contribution in [3.8, 4) is 11.1 Å². The number of aromatic amines is 1. The number of pyridine rings is 2. The second-order valence-electron chi connectivity index (χ2n) is 7.62. The van der Waals surface area contributed by atoms with E-state index in [0.717, 1.165) is 28.9 Å². The minimum absolute atomic E-state index is 0.114. The van der Waals surface area contributed by atoms with Gasteiger partial charge in [0, 0.05) is 24.3 Å². The van der Waals surface area contributed by atoms with E-state index in [9.17, 15) is 9.59 Å². The molecule has 0 unspecified atom stereocenters. The summed E-state index contributed by atoms with van der Waals surface area (Å²) in [6, 6.07) is 13.4. The van der Waals surface area contributed by atoms with E-state index in [1.54, 1.807) is 12.1 Å². The van der Waals surface area contributed by atoms with Crippen LogP contribution in [0.4, 0.5) is 0 Å². The maximum Gasteiger partial charge on any atom is 0.270 e. The number of nitrogens with one attached hydrogen (secondary N) is 2. The molecule has 1 amide bonds. The fourth-order valence-corrected chi connectivity index (χ4v) is 3.52. The molecular weight excluding hydrogens is 400 g/mol. The quantitative estimate of drug-likeness (QED) is 0.591. The highest BCUT2D eigenvalue weighted by Gasteiger charge is 2.13. The van der Waals surface area contributed by atoms with E-state index in [4.69, 9.17) is 11.6 Å². The Morgan fingerprint density at radius 3 is 2.43 bits per heavy atom. The number of H-pyrrole nitrogens is 1. The van der Waals surface area contributed by atoms with Gasteiger partial charge in [0.2, 0.25) is 0 Å². The third kappa shape index (κ3) is 5.34. The van der Waals surface area contributed by atoms with Crippen LogP contribution < -0.4 is 10.9 Å². The monoisotopic (exact) mass is 424 g/mol. The zero-order chi connectivity index (χ0) is 21.8. The smallest absolute Gasteiger partial charge is 0.270 e. The molecular formula is C23H25ClN4O2. The molecule has 0 aliphatic carbocycles. The first-order valence-corrected chi connectivity index (χ1v) is 10.00. The highest BCUT2D eigenvalue weighted by atomic mass is 35.5. The van der Waals surface area contributed by atoms with Crippen molar-refractivity contribution in [2.24, 2.45) is 0 Å². The fraction of sp³-hybridized carbons (Fsp3) is 0.261. The molecule has 0 aliphatic rings. The zero-order valence-corrected chi connectivity index (χ0v) is 18.3. The number of aryl methyl sites for hydroxylation is 2. The van der Waals surface area contributed by atoms with Crippen molar-refractivity contribution in [3.63, 3.8) is 0 Å². The maximum absolute atomic E-state index is 12.7. The summed E-state index contributed by atoms with van der Waals surface area (Å²) >= 11 is 6.18. The topological polar surface area (TPSA) is 78.1 Å².